The van der Waals surface area contributed by atoms with Gasteiger partial charge in [0.15, 0.2) is 0 Å². The molecule has 0 radical (unpaired) electrons. The minimum atomic E-state index is -0.204. The summed E-state index contributed by atoms with van der Waals surface area (Å²) in [5.74, 6) is -0.204. The number of hydrogen-bond donors (Lipinski definition) is 0. The van der Waals surface area contributed by atoms with Gasteiger partial charge in [-0.2, -0.15) is 0 Å². The van der Waals surface area contributed by atoms with Gasteiger partial charge in [-0.05, 0) is 73.0 Å². The molecule has 1 aromatic heterocycles. The molecule has 35 heavy (non-hydrogen) atoms. The molecule has 1 saturated heterocycles. The maximum absolute atomic E-state index is 13.4. The Morgan fingerprint density at radius 1 is 0.829 bits per heavy atom. The molecule has 0 N–H and O–H groups in total. The molecular formula is C31H31FN2O. The van der Waals surface area contributed by atoms with Crippen molar-refractivity contribution in [1.82, 2.24) is 9.47 Å². The first-order valence-electron chi connectivity index (χ1n) is 12.7. The lowest BCUT2D eigenvalue weighted by Gasteiger charge is -2.40. The maximum atomic E-state index is 13.4. The largest absolute Gasteiger partial charge is 0.490 e. The number of rotatable bonds is 6. The summed E-state index contributed by atoms with van der Waals surface area (Å²) in [6, 6.07) is 23.7. The first kappa shape index (κ1) is 22.1. The van der Waals surface area contributed by atoms with Crippen LogP contribution in [0.25, 0.3) is 28.9 Å². The van der Waals surface area contributed by atoms with Gasteiger partial charge in [-0.15, -0.1) is 0 Å². The smallest absolute Gasteiger partial charge is 0.130 e. The van der Waals surface area contributed by atoms with Gasteiger partial charge in [0.25, 0.3) is 0 Å². The van der Waals surface area contributed by atoms with Crippen LogP contribution in [-0.2, 0) is 11.2 Å². The van der Waals surface area contributed by atoms with E-state index in [9.17, 15) is 4.39 Å². The number of unbranched alkanes of at least 4 members (excludes halogenated alkanes) is 1. The van der Waals surface area contributed by atoms with E-state index in [-0.39, 0.29) is 11.4 Å². The SMILES string of the molecule is Fc1ccc(-n2cc(CCCCN3CCC4(C=c5ccccc5=CO4)CC3)c3ccccc32)cc1. The van der Waals surface area contributed by atoms with Gasteiger partial charge < -0.3 is 14.2 Å². The van der Waals surface area contributed by atoms with Crippen molar-refractivity contribution < 1.29 is 9.13 Å². The van der Waals surface area contributed by atoms with Crippen LogP contribution in [0, 0.1) is 5.82 Å². The molecule has 0 unspecified atom stereocenters. The summed E-state index contributed by atoms with van der Waals surface area (Å²) in [6.45, 7) is 3.29. The molecule has 3 heterocycles. The Labute approximate surface area is 205 Å². The van der Waals surface area contributed by atoms with Gasteiger partial charge in [-0.1, -0.05) is 42.5 Å². The van der Waals surface area contributed by atoms with E-state index in [0.29, 0.717) is 0 Å². The van der Waals surface area contributed by atoms with Crippen LogP contribution in [0.15, 0.2) is 79.0 Å². The van der Waals surface area contributed by atoms with Crippen molar-refractivity contribution in [1.29, 1.82) is 0 Å². The number of aromatic nitrogens is 1. The van der Waals surface area contributed by atoms with E-state index in [2.05, 4.69) is 70.3 Å². The molecular weight excluding hydrogens is 435 g/mol. The summed E-state index contributed by atoms with van der Waals surface area (Å²) in [5.41, 5.74) is 3.41. The average Bonchev–Trinajstić information content (AvgIpc) is 3.27. The van der Waals surface area contributed by atoms with E-state index < -0.39 is 0 Å². The third-order valence-corrected chi connectivity index (χ3v) is 7.61. The van der Waals surface area contributed by atoms with Crippen molar-refractivity contribution in [3.63, 3.8) is 0 Å². The Hall–Kier alpha value is -3.37. The highest BCUT2D eigenvalue weighted by atomic mass is 19.1. The Morgan fingerprint density at radius 3 is 2.40 bits per heavy atom. The minimum Gasteiger partial charge on any atom is -0.490 e. The van der Waals surface area contributed by atoms with Crippen LogP contribution in [0.5, 0.6) is 0 Å². The van der Waals surface area contributed by atoms with Crippen LogP contribution in [-0.4, -0.2) is 34.7 Å². The normalized spacial score (nSPS) is 16.9. The maximum Gasteiger partial charge on any atom is 0.130 e. The Kier molecular flexibility index (Phi) is 5.91. The zero-order valence-corrected chi connectivity index (χ0v) is 20.0. The fraction of sp³-hybridized carbons (Fsp3) is 0.290. The molecule has 3 nitrogen and oxygen atoms in total. The van der Waals surface area contributed by atoms with Gasteiger partial charge in [-0.25, -0.2) is 4.39 Å². The molecule has 0 saturated carbocycles. The van der Waals surface area contributed by atoms with Crippen LogP contribution in [0.1, 0.15) is 31.2 Å². The van der Waals surface area contributed by atoms with E-state index in [1.165, 1.54) is 45.5 Å². The van der Waals surface area contributed by atoms with Crippen molar-refractivity contribution in [2.75, 3.05) is 19.6 Å². The number of halogens is 1. The highest BCUT2D eigenvalue weighted by Gasteiger charge is 2.34. The van der Waals surface area contributed by atoms with Crippen LogP contribution in [0.2, 0.25) is 0 Å². The van der Waals surface area contributed by atoms with Gasteiger partial charge >= 0.3 is 0 Å². The predicted octanol–water partition coefficient (Wildman–Crippen LogP) is 5.18. The molecule has 0 bridgehead atoms. The summed E-state index contributed by atoms with van der Waals surface area (Å²) >= 11 is 0. The molecule has 6 rings (SSSR count). The van der Waals surface area contributed by atoms with E-state index in [1.807, 2.05) is 18.4 Å². The van der Waals surface area contributed by atoms with Crippen LogP contribution in [0.3, 0.4) is 0 Å². The molecule has 3 aromatic carbocycles. The Bertz CT molecular complexity index is 1450. The van der Waals surface area contributed by atoms with E-state index in [1.54, 1.807) is 0 Å². The summed E-state index contributed by atoms with van der Waals surface area (Å²) in [6.07, 6.45) is 12.0. The molecule has 4 aromatic rings. The lowest BCUT2D eigenvalue weighted by atomic mass is 9.88. The van der Waals surface area contributed by atoms with E-state index in [4.69, 9.17) is 4.74 Å². The van der Waals surface area contributed by atoms with Gasteiger partial charge in [-0.3, -0.25) is 0 Å². The number of piperidine rings is 1. The fourth-order valence-electron chi connectivity index (χ4n) is 5.58. The monoisotopic (exact) mass is 466 g/mol. The molecule has 178 valence electrons. The fourth-order valence-corrected chi connectivity index (χ4v) is 5.58. The van der Waals surface area contributed by atoms with Gasteiger partial charge in [0.1, 0.15) is 11.4 Å². The second kappa shape index (κ2) is 9.35. The van der Waals surface area contributed by atoms with Crippen LogP contribution in [0.4, 0.5) is 4.39 Å². The number of benzene rings is 3. The second-order valence-corrected chi connectivity index (χ2v) is 9.89. The van der Waals surface area contributed by atoms with Gasteiger partial charge in [0.2, 0.25) is 0 Å². The summed E-state index contributed by atoms with van der Waals surface area (Å²) in [4.78, 5) is 2.59. The molecule has 2 aliphatic heterocycles. The molecule has 0 atom stereocenters. The zero-order chi connectivity index (χ0) is 23.7. The van der Waals surface area contributed by atoms with Gasteiger partial charge in [0.05, 0.1) is 11.8 Å². The minimum absolute atomic E-state index is 0.132. The predicted molar refractivity (Wildman–Crippen MR) is 140 cm³/mol. The number of nitrogens with zero attached hydrogens (tertiary/aromatic N) is 2. The second-order valence-electron chi connectivity index (χ2n) is 9.89. The van der Waals surface area contributed by atoms with Crippen molar-refractivity contribution >= 4 is 23.2 Å². The third-order valence-electron chi connectivity index (χ3n) is 7.61. The molecule has 1 spiro atoms. The molecule has 0 aliphatic carbocycles. The number of para-hydroxylation sites is 1. The number of hydrogen-bond acceptors (Lipinski definition) is 2. The third kappa shape index (κ3) is 4.51. The van der Waals surface area contributed by atoms with Crippen molar-refractivity contribution in [2.45, 2.75) is 37.7 Å². The topological polar surface area (TPSA) is 17.4 Å². The lowest BCUT2D eigenvalue weighted by molar-refractivity contribution is 0.0354. The van der Waals surface area contributed by atoms with Crippen LogP contribution < -0.4 is 10.4 Å². The molecule has 0 amide bonds. The van der Waals surface area contributed by atoms with E-state index in [0.717, 1.165) is 51.0 Å². The van der Waals surface area contributed by atoms with E-state index >= 15 is 0 Å². The highest BCUT2D eigenvalue weighted by Crippen LogP contribution is 2.30. The van der Waals surface area contributed by atoms with Crippen LogP contribution >= 0.6 is 0 Å². The van der Waals surface area contributed by atoms with Gasteiger partial charge in [0, 0.05) is 48.4 Å². The number of likely N-dealkylation sites (tertiary alicyclic amines) is 1. The van der Waals surface area contributed by atoms with Crippen molar-refractivity contribution in [3.05, 3.63) is 101 Å². The highest BCUT2D eigenvalue weighted by molar-refractivity contribution is 5.85. The molecule has 4 heteroatoms. The number of aryl methyl sites for hydroxylation is 1. The summed E-state index contributed by atoms with van der Waals surface area (Å²) in [7, 11) is 0. The Morgan fingerprint density at radius 2 is 1.57 bits per heavy atom. The molecule has 1 fully saturated rings. The Balaban J connectivity index is 1.06. The summed E-state index contributed by atoms with van der Waals surface area (Å²) < 4.78 is 21.8. The zero-order valence-electron chi connectivity index (χ0n) is 20.0. The lowest BCUT2D eigenvalue weighted by Crippen LogP contribution is -2.48. The number of ether oxygens (including phenoxy) is 1. The first-order valence-corrected chi connectivity index (χ1v) is 12.7. The molecule has 2 aliphatic rings. The number of fused-ring (bicyclic) bond motifs is 2. The average molecular weight is 467 g/mol. The first-order chi connectivity index (χ1) is 17.2. The quantitative estimate of drug-likeness (QED) is 0.365. The summed E-state index contributed by atoms with van der Waals surface area (Å²) in [5, 5.41) is 3.77. The van der Waals surface area contributed by atoms with Crippen molar-refractivity contribution in [3.8, 4) is 5.69 Å². The standard InChI is InChI=1S/C31H31FN2O/c32-27-12-14-28(15-13-27)34-22-25(29-10-3-4-11-30(29)34)8-5-6-18-33-19-16-31(17-20-33)21-24-7-1-2-9-26(24)23-35-31/h1-4,7,9-15,21-23H,5-6,8,16-20H2. The van der Waals surface area contributed by atoms with Crippen molar-refractivity contribution in [2.24, 2.45) is 0 Å².